The van der Waals surface area contributed by atoms with Crippen LogP contribution in [0.15, 0.2) is 36.4 Å². The number of piperidine rings is 1. The molecule has 2 aromatic rings. The number of amides is 4. The molecule has 1 aromatic carbocycles. The molecule has 1 atom stereocenters. The minimum atomic E-state index is -0.926. The number of imide groups is 1. The number of halogens is 1. The van der Waals surface area contributed by atoms with Gasteiger partial charge in [-0.25, -0.2) is 9.18 Å². The second-order valence-corrected chi connectivity index (χ2v) is 9.82. The number of rotatable bonds is 6. The van der Waals surface area contributed by atoms with Crippen LogP contribution in [0.4, 0.5) is 14.2 Å². The summed E-state index contributed by atoms with van der Waals surface area (Å²) in [6.07, 6.45) is 1.60. The van der Waals surface area contributed by atoms with E-state index >= 15 is 0 Å². The zero-order chi connectivity index (χ0) is 22.9. The Morgan fingerprint density at radius 3 is 2.50 bits per heavy atom. The van der Waals surface area contributed by atoms with Gasteiger partial charge in [-0.2, -0.15) is 0 Å². The Morgan fingerprint density at radius 2 is 1.84 bits per heavy atom. The van der Waals surface area contributed by atoms with E-state index in [1.54, 1.807) is 23.5 Å². The Labute approximate surface area is 190 Å². The number of hydrogen-bond donors (Lipinski definition) is 2. The van der Waals surface area contributed by atoms with E-state index in [0.29, 0.717) is 5.56 Å². The van der Waals surface area contributed by atoms with Gasteiger partial charge in [-0.1, -0.05) is 12.1 Å². The smallest absolute Gasteiger partial charge is 0.323 e. The van der Waals surface area contributed by atoms with Crippen LogP contribution in [0.3, 0.4) is 0 Å². The predicted molar refractivity (Wildman–Crippen MR) is 121 cm³/mol. The lowest BCUT2D eigenvalue weighted by Crippen LogP contribution is -2.53. The second kappa shape index (κ2) is 8.99. The van der Waals surface area contributed by atoms with Crippen LogP contribution in [0.1, 0.15) is 37.1 Å². The Bertz CT molecular complexity index is 1020. The Balaban J connectivity index is 1.34. The molecule has 170 valence electrons. The van der Waals surface area contributed by atoms with Crippen molar-refractivity contribution in [2.75, 3.05) is 18.4 Å². The maximum Gasteiger partial charge on any atom is 0.325 e. The first-order valence-corrected chi connectivity index (χ1v) is 11.5. The van der Waals surface area contributed by atoms with E-state index in [-0.39, 0.29) is 30.1 Å². The van der Waals surface area contributed by atoms with Crippen LogP contribution >= 0.6 is 11.3 Å². The van der Waals surface area contributed by atoms with Crippen molar-refractivity contribution >= 4 is 34.2 Å². The monoisotopic (exact) mass is 458 g/mol. The molecule has 0 saturated carbocycles. The molecule has 4 rings (SSSR count). The van der Waals surface area contributed by atoms with Gasteiger partial charge in [0.25, 0.3) is 5.91 Å². The summed E-state index contributed by atoms with van der Waals surface area (Å²) in [5.41, 5.74) is -0.214. The fourth-order valence-electron chi connectivity index (χ4n) is 4.50. The highest BCUT2D eigenvalue weighted by Gasteiger charge is 2.52. The first-order valence-electron chi connectivity index (χ1n) is 10.7. The summed E-state index contributed by atoms with van der Waals surface area (Å²) in [5.74, 6) is -0.601. The van der Waals surface area contributed by atoms with Crippen LogP contribution in [0.2, 0.25) is 0 Å². The van der Waals surface area contributed by atoms with Crippen molar-refractivity contribution in [1.29, 1.82) is 0 Å². The molecular weight excluding hydrogens is 431 g/mol. The summed E-state index contributed by atoms with van der Waals surface area (Å²) in [5, 5.41) is 6.57. The molecule has 0 bridgehead atoms. The SMILES string of the molecule is CC(=O)Nc1ccc(CN2CCC([C@@]3(C)NC(=O)N(Cc4ccc(F)cc4)C3=O)CC2)s1. The van der Waals surface area contributed by atoms with Gasteiger partial charge in [-0.15, -0.1) is 11.3 Å². The molecule has 9 heteroatoms. The van der Waals surface area contributed by atoms with Gasteiger partial charge in [0.1, 0.15) is 11.4 Å². The topological polar surface area (TPSA) is 81.8 Å². The fourth-order valence-corrected chi connectivity index (χ4v) is 5.50. The third-order valence-electron chi connectivity index (χ3n) is 6.30. The summed E-state index contributed by atoms with van der Waals surface area (Å²) in [6, 6.07) is 9.38. The standard InChI is InChI=1S/C23H27FN4O3S/c1-15(29)25-20-8-7-19(32-20)14-27-11-9-17(10-12-27)23(2)21(30)28(22(31)26-23)13-16-3-5-18(24)6-4-16/h3-8,17H,9-14H2,1-2H3,(H,25,29)(H,26,31)/t23-/m1/s1. The minimum Gasteiger partial charge on any atom is -0.323 e. The summed E-state index contributed by atoms with van der Waals surface area (Å²) in [4.78, 5) is 41.7. The largest absolute Gasteiger partial charge is 0.325 e. The lowest BCUT2D eigenvalue weighted by Gasteiger charge is -2.38. The normalized spacial score (nSPS) is 22.3. The quantitative estimate of drug-likeness (QED) is 0.649. The molecule has 2 aliphatic rings. The van der Waals surface area contributed by atoms with Crippen molar-refractivity contribution in [3.63, 3.8) is 0 Å². The number of likely N-dealkylation sites (tertiary alicyclic amines) is 1. The van der Waals surface area contributed by atoms with Gasteiger partial charge >= 0.3 is 6.03 Å². The zero-order valence-electron chi connectivity index (χ0n) is 18.2. The molecule has 32 heavy (non-hydrogen) atoms. The molecule has 3 heterocycles. The van der Waals surface area contributed by atoms with Gasteiger partial charge < -0.3 is 10.6 Å². The van der Waals surface area contributed by atoms with E-state index in [0.717, 1.165) is 37.5 Å². The van der Waals surface area contributed by atoms with Crippen molar-refractivity contribution in [1.82, 2.24) is 15.1 Å². The molecule has 2 fully saturated rings. The summed E-state index contributed by atoms with van der Waals surface area (Å²) >= 11 is 1.57. The van der Waals surface area contributed by atoms with Gasteiger partial charge in [0.2, 0.25) is 5.91 Å². The van der Waals surface area contributed by atoms with Gasteiger partial charge in [0.15, 0.2) is 0 Å². The average molecular weight is 459 g/mol. The van der Waals surface area contributed by atoms with E-state index in [1.807, 2.05) is 19.1 Å². The molecule has 2 saturated heterocycles. The number of thiophene rings is 1. The predicted octanol–water partition coefficient (Wildman–Crippen LogP) is 3.57. The number of urea groups is 1. The highest BCUT2D eigenvalue weighted by molar-refractivity contribution is 7.16. The zero-order valence-corrected chi connectivity index (χ0v) is 19.0. The highest BCUT2D eigenvalue weighted by Crippen LogP contribution is 2.35. The highest BCUT2D eigenvalue weighted by atomic mass is 32.1. The summed E-state index contributed by atoms with van der Waals surface area (Å²) < 4.78 is 13.2. The molecule has 0 unspecified atom stereocenters. The van der Waals surface area contributed by atoms with Crippen molar-refractivity contribution in [3.8, 4) is 0 Å². The molecular formula is C23H27FN4O3S. The number of hydrogen-bond acceptors (Lipinski definition) is 5. The van der Waals surface area contributed by atoms with Gasteiger partial charge in [-0.05, 0) is 68.6 Å². The minimum absolute atomic E-state index is 0.0479. The molecule has 2 aliphatic heterocycles. The summed E-state index contributed by atoms with van der Waals surface area (Å²) in [6.45, 7) is 5.90. The van der Waals surface area contributed by atoms with Crippen LogP contribution in [0, 0.1) is 11.7 Å². The van der Waals surface area contributed by atoms with Crippen molar-refractivity contribution in [2.45, 2.75) is 45.3 Å². The maximum absolute atomic E-state index is 13.2. The van der Waals surface area contributed by atoms with E-state index in [9.17, 15) is 18.8 Å². The first kappa shape index (κ1) is 22.4. The van der Waals surface area contributed by atoms with E-state index in [1.165, 1.54) is 28.8 Å². The lowest BCUT2D eigenvalue weighted by atomic mass is 9.79. The number of anilines is 1. The molecule has 4 amide bonds. The maximum atomic E-state index is 13.2. The van der Waals surface area contributed by atoms with Crippen molar-refractivity contribution in [2.24, 2.45) is 5.92 Å². The summed E-state index contributed by atoms with van der Waals surface area (Å²) in [7, 11) is 0. The third kappa shape index (κ3) is 4.68. The molecule has 0 radical (unpaired) electrons. The Hall–Kier alpha value is -2.78. The van der Waals surface area contributed by atoms with E-state index in [4.69, 9.17) is 0 Å². The molecule has 0 spiro atoms. The van der Waals surface area contributed by atoms with Crippen LogP contribution in [-0.2, 0) is 22.7 Å². The van der Waals surface area contributed by atoms with Gasteiger partial charge in [0.05, 0.1) is 11.5 Å². The third-order valence-corrected chi connectivity index (χ3v) is 7.28. The number of carbonyl (C=O) groups is 3. The van der Waals surface area contributed by atoms with Crippen LogP contribution < -0.4 is 10.6 Å². The Kier molecular flexibility index (Phi) is 6.30. The average Bonchev–Trinajstić information content (AvgIpc) is 3.27. The molecule has 1 aromatic heterocycles. The van der Waals surface area contributed by atoms with Crippen LogP contribution in [0.25, 0.3) is 0 Å². The first-order chi connectivity index (χ1) is 15.2. The molecule has 7 nitrogen and oxygen atoms in total. The lowest BCUT2D eigenvalue weighted by molar-refractivity contribution is -0.133. The van der Waals surface area contributed by atoms with Gasteiger partial charge in [0, 0.05) is 18.3 Å². The van der Waals surface area contributed by atoms with Gasteiger partial charge in [-0.3, -0.25) is 19.4 Å². The van der Waals surface area contributed by atoms with Crippen molar-refractivity contribution < 1.29 is 18.8 Å². The number of benzene rings is 1. The number of nitrogens with one attached hydrogen (secondary N) is 2. The van der Waals surface area contributed by atoms with E-state index in [2.05, 4.69) is 15.5 Å². The Morgan fingerprint density at radius 1 is 1.16 bits per heavy atom. The fraction of sp³-hybridized carbons (Fsp3) is 0.435. The van der Waals surface area contributed by atoms with Crippen LogP contribution in [-0.4, -0.2) is 46.3 Å². The second-order valence-electron chi connectivity index (χ2n) is 8.65. The number of carbonyl (C=O) groups excluding carboxylic acids is 3. The molecule has 2 N–H and O–H groups in total. The van der Waals surface area contributed by atoms with Crippen molar-refractivity contribution in [3.05, 3.63) is 52.7 Å². The number of nitrogens with zero attached hydrogens (tertiary/aromatic N) is 2. The molecule has 0 aliphatic carbocycles. The van der Waals surface area contributed by atoms with E-state index < -0.39 is 11.6 Å². The van der Waals surface area contributed by atoms with Crippen LogP contribution in [0.5, 0.6) is 0 Å².